The van der Waals surface area contributed by atoms with Crippen LogP contribution in [0, 0.1) is 0 Å². The minimum absolute atomic E-state index is 0.144. The monoisotopic (exact) mass is 288 g/mol. The Balaban J connectivity index is 3.71. The van der Waals surface area contributed by atoms with Crippen LogP contribution in [0.5, 0.6) is 0 Å². The summed E-state index contributed by atoms with van der Waals surface area (Å²) in [7, 11) is 0. The highest BCUT2D eigenvalue weighted by atomic mass is 16.6. The molecule has 0 aliphatic rings. The van der Waals surface area contributed by atoms with Gasteiger partial charge in [-0.05, 0) is 47.5 Å². The first-order valence-corrected chi connectivity index (χ1v) is 7.68. The molecule has 0 atom stereocenters. The first-order chi connectivity index (χ1) is 9.16. The molecule has 0 amide bonds. The van der Waals surface area contributed by atoms with Gasteiger partial charge in [0, 0.05) is 19.4 Å². The van der Waals surface area contributed by atoms with E-state index in [9.17, 15) is 9.90 Å². The lowest BCUT2D eigenvalue weighted by Gasteiger charge is -2.25. The summed E-state index contributed by atoms with van der Waals surface area (Å²) in [5, 5.41) is 9.58. The van der Waals surface area contributed by atoms with Crippen LogP contribution in [0.25, 0.3) is 0 Å². The average molecular weight is 288 g/mol. The molecule has 0 aromatic heterocycles. The zero-order valence-electron chi connectivity index (χ0n) is 13.8. The van der Waals surface area contributed by atoms with Crippen molar-refractivity contribution >= 4 is 5.97 Å². The van der Waals surface area contributed by atoms with Crippen molar-refractivity contribution in [1.82, 2.24) is 0 Å². The van der Waals surface area contributed by atoms with Crippen LogP contribution in [0.1, 0.15) is 73.1 Å². The number of ether oxygens (including phenoxy) is 2. The number of esters is 1. The maximum atomic E-state index is 11.7. The minimum Gasteiger partial charge on any atom is -0.460 e. The lowest BCUT2D eigenvalue weighted by atomic mass is 10.0. The fourth-order valence-corrected chi connectivity index (χ4v) is 1.88. The molecule has 0 spiro atoms. The van der Waals surface area contributed by atoms with Gasteiger partial charge in [0.15, 0.2) is 0 Å². The molecule has 0 radical (unpaired) electrons. The first kappa shape index (κ1) is 19.4. The Morgan fingerprint density at radius 1 is 1.05 bits per heavy atom. The molecule has 0 saturated carbocycles. The lowest BCUT2D eigenvalue weighted by Crippen LogP contribution is -2.29. The number of aliphatic hydroxyl groups is 1. The summed E-state index contributed by atoms with van der Waals surface area (Å²) >= 11 is 0. The van der Waals surface area contributed by atoms with E-state index in [4.69, 9.17) is 9.47 Å². The summed E-state index contributed by atoms with van der Waals surface area (Å²) in [5.74, 6) is -0.144. The quantitative estimate of drug-likeness (QED) is 0.467. The maximum Gasteiger partial charge on any atom is 0.306 e. The number of carbonyl (C=O) groups excluding carboxylic acids is 1. The van der Waals surface area contributed by atoms with Crippen molar-refractivity contribution in [2.24, 2.45) is 0 Å². The van der Waals surface area contributed by atoms with E-state index in [-0.39, 0.29) is 5.97 Å². The van der Waals surface area contributed by atoms with Gasteiger partial charge in [-0.1, -0.05) is 12.8 Å². The summed E-state index contributed by atoms with van der Waals surface area (Å²) in [5.41, 5.74) is -1.07. The minimum atomic E-state index is -0.609. The number of hydrogen-bond acceptors (Lipinski definition) is 4. The average Bonchev–Trinajstić information content (AvgIpc) is 2.26. The smallest absolute Gasteiger partial charge is 0.306 e. The second kappa shape index (κ2) is 9.35. The van der Waals surface area contributed by atoms with Crippen LogP contribution >= 0.6 is 0 Å². The van der Waals surface area contributed by atoms with E-state index in [1.807, 2.05) is 34.6 Å². The highest BCUT2D eigenvalue weighted by Gasteiger charge is 2.22. The largest absolute Gasteiger partial charge is 0.460 e. The third-order valence-electron chi connectivity index (χ3n) is 3.11. The van der Waals surface area contributed by atoms with Crippen LogP contribution in [0.15, 0.2) is 0 Å². The van der Waals surface area contributed by atoms with Crippen molar-refractivity contribution < 1.29 is 19.4 Å². The van der Waals surface area contributed by atoms with Gasteiger partial charge >= 0.3 is 5.97 Å². The van der Waals surface area contributed by atoms with Crippen LogP contribution < -0.4 is 0 Å². The molecular weight excluding hydrogens is 256 g/mol. The zero-order valence-corrected chi connectivity index (χ0v) is 13.8. The van der Waals surface area contributed by atoms with Crippen LogP contribution in [0.3, 0.4) is 0 Å². The summed E-state index contributed by atoms with van der Waals surface area (Å²) in [4.78, 5) is 11.7. The normalized spacial score (nSPS) is 12.5. The molecule has 4 heteroatoms. The second-order valence-corrected chi connectivity index (χ2v) is 6.55. The Morgan fingerprint density at radius 3 is 2.25 bits per heavy atom. The van der Waals surface area contributed by atoms with E-state index in [0.717, 1.165) is 25.7 Å². The van der Waals surface area contributed by atoms with Crippen molar-refractivity contribution in [2.75, 3.05) is 13.2 Å². The molecule has 0 rings (SSSR count). The lowest BCUT2D eigenvalue weighted by molar-refractivity contribution is -0.158. The van der Waals surface area contributed by atoms with Crippen LogP contribution in [-0.4, -0.2) is 35.5 Å². The van der Waals surface area contributed by atoms with Crippen molar-refractivity contribution in [2.45, 2.75) is 84.3 Å². The van der Waals surface area contributed by atoms with Gasteiger partial charge in [-0.15, -0.1) is 0 Å². The molecule has 120 valence electrons. The Bertz CT molecular complexity index is 266. The molecule has 0 aromatic carbocycles. The topological polar surface area (TPSA) is 55.8 Å². The Labute approximate surface area is 123 Å². The third kappa shape index (κ3) is 12.4. The Hall–Kier alpha value is -0.610. The number of rotatable bonds is 11. The molecule has 0 unspecified atom stereocenters. The number of hydrogen-bond donors (Lipinski definition) is 1. The van der Waals surface area contributed by atoms with Gasteiger partial charge in [0.2, 0.25) is 0 Å². The molecule has 0 aliphatic heterocycles. The van der Waals surface area contributed by atoms with Gasteiger partial charge in [0.05, 0.1) is 12.2 Å². The van der Waals surface area contributed by atoms with Gasteiger partial charge < -0.3 is 14.6 Å². The zero-order chi connectivity index (χ0) is 15.6. The standard InChI is InChI=1S/C16H32O4/c1-6-19-13-12-16(4,5)20-14(17)10-8-7-9-11-15(2,3)18/h18H,6-13H2,1-5H3. The first-order valence-electron chi connectivity index (χ1n) is 7.68. The Kier molecular flexibility index (Phi) is 9.06. The summed E-state index contributed by atoms with van der Waals surface area (Å²) in [6.45, 7) is 10.7. The fourth-order valence-electron chi connectivity index (χ4n) is 1.88. The summed E-state index contributed by atoms with van der Waals surface area (Å²) < 4.78 is 10.7. The molecule has 0 heterocycles. The molecule has 0 aromatic rings. The summed E-state index contributed by atoms with van der Waals surface area (Å²) in [6, 6.07) is 0. The second-order valence-electron chi connectivity index (χ2n) is 6.55. The van der Waals surface area contributed by atoms with E-state index < -0.39 is 11.2 Å². The van der Waals surface area contributed by atoms with Gasteiger partial charge in [-0.2, -0.15) is 0 Å². The van der Waals surface area contributed by atoms with E-state index in [2.05, 4.69) is 0 Å². The predicted molar refractivity (Wildman–Crippen MR) is 80.7 cm³/mol. The SMILES string of the molecule is CCOCCC(C)(C)OC(=O)CCCCCC(C)(C)O. The van der Waals surface area contributed by atoms with E-state index in [1.54, 1.807) is 0 Å². The van der Waals surface area contributed by atoms with Crippen LogP contribution in [0.2, 0.25) is 0 Å². The molecule has 4 nitrogen and oxygen atoms in total. The van der Waals surface area contributed by atoms with E-state index >= 15 is 0 Å². The van der Waals surface area contributed by atoms with Crippen molar-refractivity contribution in [3.8, 4) is 0 Å². The molecule has 0 bridgehead atoms. The molecule has 20 heavy (non-hydrogen) atoms. The molecule has 1 N–H and O–H groups in total. The highest BCUT2D eigenvalue weighted by Crippen LogP contribution is 2.18. The fraction of sp³-hybridized carbons (Fsp3) is 0.938. The summed E-state index contributed by atoms with van der Waals surface area (Å²) in [6.07, 6.45) is 4.62. The van der Waals surface area contributed by atoms with Gasteiger partial charge in [0.25, 0.3) is 0 Å². The molecule has 0 fully saturated rings. The van der Waals surface area contributed by atoms with E-state index in [0.29, 0.717) is 26.1 Å². The molecular formula is C16H32O4. The van der Waals surface area contributed by atoms with Crippen molar-refractivity contribution in [3.05, 3.63) is 0 Å². The van der Waals surface area contributed by atoms with Gasteiger partial charge in [-0.25, -0.2) is 0 Å². The maximum absolute atomic E-state index is 11.7. The molecule has 0 aliphatic carbocycles. The Morgan fingerprint density at radius 2 is 1.70 bits per heavy atom. The van der Waals surface area contributed by atoms with Gasteiger partial charge in [-0.3, -0.25) is 4.79 Å². The van der Waals surface area contributed by atoms with Crippen molar-refractivity contribution in [1.29, 1.82) is 0 Å². The number of unbranched alkanes of at least 4 members (excludes halogenated alkanes) is 2. The highest BCUT2D eigenvalue weighted by molar-refractivity contribution is 5.69. The van der Waals surface area contributed by atoms with E-state index in [1.165, 1.54) is 0 Å². The third-order valence-corrected chi connectivity index (χ3v) is 3.11. The predicted octanol–water partition coefficient (Wildman–Crippen LogP) is 3.46. The van der Waals surface area contributed by atoms with Crippen LogP contribution in [0.4, 0.5) is 0 Å². The van der Waals surface area contributed by atoms with Crippen LogP contribution in [-0.2, 0) is 14.3 Å². The number of carbonyl (C=O) groups is 1. The van der Waals surface area contributed by atoms with Gasteiger partial charge in [0.1, 0.15) is 5.60 Å². The molecule has 0 saturated heterocycles. The van der Waals surface area contributed by atoms with Crippen molar-refractivity contribution in [3.63, 3.8) is 0 Å².